The Morgan fingerprint density at radius 1 is 1.06 bits per heavy atom. The van der Waals surface area contributed by atoms with Crippen LogP contribution in [-0.2, 0) is 15.4 Å². The molecule has 0 radical (unpaired) electrons. The number of halogens is 2. The Morgan fingerprint density at radius 3 is 2.24 bits per heavy atom. The van der Waals surface area contributed by atoms with Crippen molar-refractivity contribution < 1.29 is 17.6 Å². The second-order valence-corrected chi connectivity index (χ2v) is 10.2. The highest BCUT2D eigenvalue weighted by molar-refractivity contribution is 7.92. The summed E-state index contributed by atoms with van der Waals surface area (Å²) in [4.78, 5) is 12.7. The highest BCUT2D eigenvalue weighted by Crippen LogP contribution is 2.27. The van der Waals surface area contributed by atoms with Crippen LogP contribution in [0.15, 0.2) is 71.6 Å². The van der Waals surface area contributed by atoms with Gasteiger partial charge in [0.1, 0.15) is 5.82 Å². The fourth-order valence-electron chi connectivity index (χ4n) is 3.02. The summed E-state index contributed by atoms with van der Waals surface area (Å²) in [5.74, 6) is -1.08. The van der Waals surface area contributed by atoms with Gasteiger partial charge in [-0.1, -0.05) is 23.7 Å². The lowest BCUT2D eigenvalue weighted by atomic mass is 9.86. The maximum absolute atomic E-state index is 13.2. The molecule has 3 aromatic rings. The number of nitrogens with one attached hydrogen (secondary N) is 1. The highest BCUT2D eigenvalue weighted by Gasteiger charge is 2.24. The maximum Gasteiger partial charge on any atom is 0.264 e. The summed E-state index contributed by atoms with van der Waals surface area (Å²) < 4.78 is 40.3. The number of nitrogens with zero attached hydrogens (tertiary/aromatic N) is 2. The van der Waals surface area contributed by atoms with Crippen molar-refractivity contribution >= 4 is 38.9 Å². The molecular weight excluding hydrogens is 465 g/mol. The fraction of sp³-hybridized carbons (Fsp3) is 0.167. The zero-order valence-electron chi connectivity index (χ0n) is 18.1. The molecule has 0 atom stereocenters. The Balaban J connectivity index is 1.87. The third-order valence-corrected chi connectivity index (χ3v) is 7.29. The van der Waals surface area contributed by atoms with Crippen molar-refractivity contribution in [2.75, 3.05) is 16.7 Å². The van der Waals surface area contributed by atoms with Gasteiger partial charge in [-0.2, -0.15) is 5.26 Å². The van der Waals surface area contributed by atoms with Crippen LogP contribution < -0.4 is 9.62 Å². The molecule has 0 saturated heterocycles. The summed E-state index contributed by atoms with van der Waals surface area (Å²) in [5.41, 5.74) is 0.818. The number of sulfonamides is 1. The normalized spacial score (nSPS) is 11.5. The van der Waals surface area contributed by atoms with Crippen molar-refractivity contribution in [1.82, 2.24) is 0 Å². The standard InChI is InChI=1S/C24H21ClFN3O3S/c1-24(2,15-27)16-4-8-18(9-5-16)28-23(30)21-14-20(12-13-22(21)25)33(31,32)29(3)19-10-6-17(26)7-11-19/h4-14H,1-3H3,(H,28,30). The molecular formula is C24H21ClFN3O3S. The van der Waals surface area contributed by atoms with Crippen molar-refractivity contribution in [2.24, 2.45) is 0 Å². The lowest BCUT2D eigenvalue weighted by molar-refractivity contribution is 0.102. The first-order valence-corrected chi connectivity index (χ1v) is 11.6. The average Bonchev–Trinajstić information content (AvgIpc) is 2.79. The summed E-state index contributed by atoms with van der Waals surface area (Å²) in [7, 11) is -2.70. The third-order valence-electron chi connectivity index (χ3n) is 5.18. The van der Waals surface area contributed by atoms with Crippen LogP contribution in [0.3, 0.4) is 0 Å². The van der Waals surface area contributed by atoms with E-state index in [0.717, 1.165) is 22.0 Å². The van der Waals surface area contributed by atoms with Crippen LogP contribution in [0.4, 0.5) is 15.8 Å². The van der Waals surface area contributed by atoms with Gasteiger partial charge in [-0.25, -0.2) is 12.8 Å². The Hall–Kier alpha value is -3.41. The predicted molar refractivity (Wildman–Crippen MR) is 126 cm³/mol. The van der Waals surface area contributed by atoms with Crippen LogP contribution in [0.25, 0.3) is 0 Å². The zero-order valence-corrected chi connectivity index (χ0v) is 19.7. The van der Waals surface area contributed by atoms with E-state index in [1.165, 1.54) is 37.4 Å². The molecule has 33 heavy (non-hydrogen) atoms. The predicted octanol–water partition coefficient (Wildman–Crippen LogP) is 5.36. The van der Waals surface area contributed by atoms with Crippen LogP contribution in [0.1, 0.15) is 29.8 Å². The molecule has 0 aliphatic carbocycles. The smallest absolute Gasteiger partial charge is 0.264 e. The van der Waals surface area contributed by atoms with Gasteiger partial charge in [-0.3, -0.25) is 9.10 Å². The van der Waals surface area contributed by atoms with Crippen molar-refractivity contribution in [1.29, 1.82) is 5.26 Å². The first-order chi connectivity index (χ1) is 15.5. The van der Waals surface area contributed by atoms with Crippen molar-refractivity contribution in [2.45, 2.75) is 24.2 Å². The third kappa shape index (κ3) is 5.16. The van der Waals surface area contributed by atoms with Gasteiger partial charge in [-0.05, 0) is 74.0 Å². The number of hydrogen-bond donors (Lipinski definition) is 1. The lowest BCUT2D eigenvalue weighted by Crippen LogP contribution is -2.27. The van der Waals surface area contributed by atoms with E-state index in [0.29, 0.717) is 5.69 Å². The van der Waals surface area contributed by atoms with Gasteiger partial charge in [0.15, 0.2) is 0 Å². The first kappa shape index (κ1) is 24.2. The fourth-order valence-corrected chi connectivity index (χ4v) is 4.45. The molecule has 6 nitrogen and oxygen atoms in total. The second-order valence-electron chi connectivity index (χ2n) is 7.86. The molecule has 0 heterocycles. The Kier molecular flexibility index (Phi) is 6.77. The second kappa shape index (κ2) is 9.22. The molecule has 0 saturated carbocycles. The van der Waals surface area contributed by atoms with Crippen LogP contribution in [-0.4, -0.2) is 21.4 Å². The molecule has 1 N–H and O–H groups in total. The quantitative estimate of drug-likeness (QED) is 0.509. The highest BCUT2D eigenvalue weighted by atomic mass is 35.5. The van der Waals surface area contributed by atoms with Gasteiger partial charge in [0, 0.05) is 12.7 Å². The van der Waals surface area contributed by atoms with E-state index in [1.807, 2.05) is 0 Å². The van der Waals surface area contributed by atoms with Gasteiger partial charge in [-0.15, -0.1) is 0 Å². The number of carbonyl (C=O) groups excluding carboxylic acids is 1. The topological polar surface area (TPSA) is 90.3 Å². The van der Waals surface area contributed by atoms with Crippen molar-refractivity contribution in [3.8, 4) is 6.07 Å². The first-order valence-electron chi connectivity index (χ1n) is 9.83. The average molecular weight is 486 g/mol. The zero-order chi connectivity index (χ0) is 24.4. The number of anilines is 2. The minimum atomic E-state index is -4.03. The Morgan fingerprint density at radius 2 is 1.67 bits per heavy atom. The van der Waals surface area contributed by atoms with Crippen molar-refractivity contribution in [3.05, 3.63) is 88.7 Å². The number of hydrogen-bond acceptors (Lipinski definition) is 4. The van der Waals surface area contributed by atoms with Gasteiger partial charge in [0.2, 0.25) is 0 Å². The molecule has 1 amide bonds. The SMILES string of the molecule is CN(c1ccc(F)cc1)S(=O)(=O)c1ccc(Cl)c(C(=O)Nc2ccc(C(C)(C)C#N)cc2)c1. The van der Waals surface area contributed by atoms with E-state index in [9.17, 15) is 22.9 Å². The Bertz CT molecular complexity index is 1330. The number of benzene rings is 3. The molecule has 3 rings (SSSR count). The molecule has 0 aromatic heterocycles. The van der Waals surface area contributed by atoms with Crippen LogP contribution in [0.2, 0.25) is 5.02 Å². The van der Waals surface area contributed by atoms with Gasteiger partial charge in [0.25, 0.3) is 15.9 Å². The number of carbonyl (C=O) groups is 1. The maximum atomic E-state index is 13.2. The van der Waals surface area contributed by atoms with E-state index >= 15 is 0 Å². The number of nitriles is 1. The van der Waals surface area contributed by atoms with Crippen LogP contribution in [0, 0.1) is 17.1 Å². The van der Waals surface area contributed by atoms with E-state index in [2.05, 4.69) is 11.4 Å². The van der Waals surface area contributed by atoms with Gasteiger partial charge in [0.05, 0.1) is 32.7 Å². The van der Waals surface area contributed by atoms with Gasteiger partial charge < -0.3 is 5.32 Å². The summed E-state index contributed by atoms with van der Waals surface area (Å²) in [6.07, 6.45) is 0. The van der Waals surface area contributed by atoms with Crippen molar-refractivity contribution in [3.63, 3.8) is 0 Å². The molecule has 170 valence electrons. The van der Waals surface area contributed by atoms with E-state index in [-0.39, 0.29) is 21.2 Å². The summed E-state index contributed by atoms with van der Waals surface area (Å²) in [5, 5.41) is 12.0. The molecule has 0 bridgehead atoms. The number of rotatable bonds is 6. The summed E-state index contributed by atoms with van der Waals surface area (Å²) in [6.45, 7) is 3.57. The minimum absolute atomic E-state index is 0.0216. The van der Waals surface area contributed by atoms with Crippen LogP contribution in [0.5, 0.6) is 0 Å². The van der Waals surface area contributed by atoms with Crippen LogP contribution >= 0.6 is 11.6 Å². The summed E-state index contributed by atoms with van der Waals surface area (Å²) >= 11 is 6.18. The Labute approximate surface area is 197 Å². The monoisotopic (exact) mass is 485 g/mol. The molecule has 9 heteroatoms. The lowest BCUT2D eigenvalue weighted by Gasteiger charge is -2.20. The molecule has 3 aromatic carbocycles. The molecule has 0 spiro atoms. The minimum Gasteiger partial charge on any atom is -0.322 e. The molecule has 0 unspecified atom stereocenters. The van der Waals surface area contributed by atoms with E-state index < -0.39 is 27.2 Å². The number of amides is 1. The molecule has 0 aliphatic heterocycles. The molecule has 0 fully saturated rings. The van der Waals surface area contributed by atoms with Gasteiger partial charge >= 0.3 is 0 Å². The largest absolute Gasteiger partial charge is 0.322 e. The summed E-state index contributed by atoms with van der Waals surface area (Å²) in [6, 6.07) is 17.8. The van der Waals surface area contributed by atoms with E-state index in [1.54, 1.807) is 38.1 Å². The van der Waals surface area contributed by atoms with E-state index in [4.69, 9.17) is 11.6 Å². The molecule has 0 aliphatic rings.